The van der Waals surface area contributed by atoms with Crippen LogP contribution in [0.2, 0.25) is 0 Å². The summed E-state index contributed by atoms with van der Waals surface area (Å²) in [7, 11) is 0. The van der Waals surface area contributed by atoms with Crippen molar-refractivity contribution in [1.82, 2.24) is 9.55 Å². The van der Waals surface area contributed by atoms with Gasteiger partial charge in [-0.3, -0.25) is 4.98 Å². The van der Waals surface area contributed by atoms with Crippen molar-refractivity contribution in [3.63, 3.8) is 0 Å². The monoisotopic (exact) mass is 460 g/mol. The van der Waals surface area contributed by atoms with Gasteiger partial charge in [-0.25, -0.2) is 0 Å². The fraction of sp³-hybridized carbons (Fsp3) is 0. The van der Waals surface area contributed by atoms with Gasteiger partial charge in [0.15, 0.2) is 11.5 Å². The molecule has 0 spiro atoms. The van der Waals surface area contributed by atoms with Crippen LogP contribution < -0.4 is 4.74 Å². The standard InChI is InChI=1S/C33H20N2O/c1-2-10-25-21(7-1)17-18-34-32(25)24-9-5-8-22(19-24)23-15-16-28-27(20-23)26-11-6-14-31-33(26)35(28)29-12-3-4-13-30(29)36-31/h1-20H. The van der Waals surface area contributed by atoms with E-state index in [9.17, 15) is 0 Å². The highest BCUT2D eigenvalue weighted by atomic mass is 16.5. The zero-order valence-electron chi connectivity index (χ0n) is 19.3. The second-order valence-corrected chi connectivity index (χ2v) is 9.25. The number of hydrogen-bond donors (Lipinski definition) is 0. The van der Waals surface area contributed by atoms with Crippen molar-refractivity contribution < 1.29 is 4.74 Å². The number of aromatic nitrogens is 2. The predicted molar refractivity (Wildman–Crippen MR) is 147 cm³/mol. The number of rotatable bonds is 2. The molecule has 3 heteroatoms. The Morgan fingerprint density at radius 1 is 0.556 bits per heavy atom. The molecule has 2 aromatic heterocycles. The molecule has 36 heavy (non-hydrogen) atoms. The highest BCUT2D eigenvalue weighted by Gasteiger charge is 2.23. The van der Waals surface area contributed by atoms with E-state index in [-0.39, 0.29) is 0 Å². The summed E-state index contributed by atoms with van der Waals surface area (Å²) in [6.45, 7) is 0. The number of nitrogens with zero attached hydrogens (tertiary/aromatic N) is 2. The Balaban J connectivity index is 1.34. The van der Waals surface area contributed by atoms with Gasteiger partial charge < -0.3 is 9.30 Å². The molecule has 0 N–H and O–H groups in total. The summed E-state index contributed by atoms with van der Waals surface area (Å²) in [6.07, 6.45) is 1.89. The lowest BCUT2D eigenvalue weighted by molar-refractivity contribution is 0.476. The maximum Gasteiger partial charge on any atom is 0.152 e. The molecule has 5 aromatic carbocycles. The minimum absolute atomic E-state index is 0.884. The zero-order chi connectivity index (χ0) is 23.6. The van der Waals surface area contributed by atoms with Crippen molar-refractivity contribution in [2.45, 2.75) is 0 Å². The molecule has 0 saturated heterocycles. The molecular formula is C33H20N2O. The van der Waals surface area contributed by atoms with Crippen LogP contribution in [0.5, 0.6) is 11.5 Å². The first-order valence-corrected chi connectivity index (χ1v) is 12.1. The Bertz CT molecular complexity index is 1980. The van der Waals surface area contributed by atoms with E-state index < -0.39 is 0 Å². The van der Waals surface area contributed by atoms with Gasteiger partial charge in [0.2, 0.25) is 0 Å². The Labute approximate surface area is 207 Å². The van der Waals surface area contributed by atoms with Crippen molar-refractivity contribution in [3.8, 4) is 39.6 Å². The van der Waals surface area contributed by atoms with Gasteiger partial charge in [0.25, 0.3) is 0 Å². The molecule has 3 heterocycles. The molecule has 0 atom stereocenters. The lowest BCUT2D eigenvalue weighted by Crippen LogP contribution is -2.03. The van der Waals surface area contributed by atoms with E-state index in [2.05, 4.69) is 108 Å². The summed E-state index contributed by atoms with van der Waals surface area (Å²) in [4.78, 5) is 4.74. The third kappa shape index (κ3) is 2.71. The van der Waals surface area contributed by atoms with Gasteiger partial charge in [-0.2, -0.15) is 0 Å². The van der Waals surface area contributed by atoms with Crippen molar-refractivity contribution in [2.75, 3.05) is 0 Å². The fourth-order valence-electron chi connectivity index (χ4n) is 5.59. The largest absolute Gasteiger partial charge is 0.453 e. The quantitative estimate of drug-likeness (QED) is 0.258. The number of ether oxygens (including phenoxy) is 1. The summed E-state index contributed by atoms with van der Waals surface area (Å²) >= 11 is 0. The first-order valence-electron chi connectivity index (χ1n) is 12.1. The predicted octanol–water partition coefficient (Wildman–Crippen LogP) is 8.77. The van der Waals surface area contributed by atoms with E-state index in [1.165, 1.54) is 38.2 Å². The van der Waals surface area contributed by atoms with Gasteiger partial charge in [0.1, 0.15) is 0 Å². The normalized spacial score (nSPS) is 12.1. The smallest absolute Gasteiger partial charge is 0.152 e. The van der Waals surface area contributed by atoms with Gasteiger partial charge in [-0.15, -0.1) is 0 Å². The molecule has 0 aliphatic carbocycles. The fourth-order valence-corrected chi connectivity index (χ4v) is 5.59. The average molecular weight is 461 g/mol. The van der Waals surface area contributed by atoms with E-state index in [0.717, 1.165) is 34.0 Å². The van der Waals surface area contributed by atoms with Crippen LogP contribution in [0.3, 0.4) is 0 Å². The van der Waals surface area contributed by atoms with Crippen LogP contribution in [0, 0.1) is 0 Å². The van der Waals surface area contributed by atoms with E-state index in [0.29, 0.717) is 0 Å². The average Bonchev–Trinajstić information content (AvgIpc) is 3.28. The maximum atomic E-state index is 6.27. The molecule has 7 aromatic rings. The van der Waals surface area contributed by atoms with Crippen LogP contribution in [0.4, 0.5) is 0 Å². The van der Waals surface area contributed by atoms with E-state index >= 15 is 0 Å². The Morgan fingerprint density at radius 2 is 1.33 bits per heavy atom. The molecule has 0 unspecified atom stereocenters. The van der Waals surface area contributed by atoms with Gasteiger partial charge in [-0.05, 0) is 59.0 Å². The van der Waals surface area contributed by atoms with Gasteiger partial charge in [0.05, 0.1) is 22.4 Å². The Kier molecular flexibility index (Phi) is 3.94. The minimum Gasteiger partial charge on any atom is -0.453 e. The van der Waals surface area contributed by atoms with E-state index in [1.54, 1.807) is 0 Å². The molecular weight excluding hydrogens is 440 g/mol. The summed E-state index contributed by atoms with van der Waals surface area (Å²) in [6, 6.07) is 40.5. The van der Waals surface area contributed by atoms with Crippen LogP contribution in [0.25, 0.3) is 60.6 Å². The number of para-hydroxylation sites is 3. The van der Waals surface area contributed by atoms with Gasteiger partial charge in [-0.1, -0.05) is 72.8 Å². The van der Waals surface area contributed by atoms with Crippen molar-refractivity contribution in [1.29, 1.82) is 0 Å². The van der Waals surface area contributed by atoms with E-state index in [1.807, 2.05) is 18.3 Å². The molecule has 0 amide bonds. The summed E-state index contributed by atoms with van der Waals surface area (Å²) in [5.41, 5.74) is 7.87. The molecule has 0 fully saturated rings. The molecule has 0 bridgehead atoms. The topological polar surface area (TPSA) is 27.1 Å². The van der Waals surface area contributed by atoms with E-state index in [4.69, 9.17) is 9.72 Å². The molecule has 0 saturated carbocycles. The third-order valence-electron chi connectivity index (χ3n) is 7.22. The second-order valence-electron chi connectivity index (χ2n) is 9.25. The first-order chi connectivity index (χ1) is 17.8. The SMILES string of the molecule is c1cc(-c2ccc3c(c2)c2cccc4c2n3-c2ccccc2O4)cc(-c2nccc3ccccc23)c1. The van der Waals surface area contributed by atoms with Crippen molar-refractivity contribution >= 4 is 32.6 Å². The van der Waals surface area contributed by atoms with Crippen LogP contribution in [-0.4, -0.2) is 9.55 Å². The van der Waals surface area contributed by atoms with Gasteiger partial charge >= 0.3 is 0 Å². The third-order valence-corrected chi connectivity index (χ3v) is 7.22. The minimum atomic E-state index is 0.884. The van der Waals surface area contributed by atoms with Crippen LogP contribution in [0.1, 0.15) is 0 Å². The summed E-state index contributed by atoms with van der Waals surface area (Å²) in [5.74, 6) is 1.78. The Morgan fingerprint density at radius 3 is 2.33 bits per heavy atom. The first kappa shape index (κ1) is 19.4. The Hall–Kier alpha value is -4.89. The molecule has 3 nitrogen and oxygen atoms in total. The van der Waals surface area contributed by atoms with Crippen molar-refractivity contribution in [2.24, 2.45) is 0 Å². The number of hydrogen-bond acceptors (Lipinski definition) is 2. The number of pyridine rings is 1. The van der Waals surface area contributed by atoms with Crippen LogP contribution in [-0.2, 0) is 0 Å². The molecule has 1 aliphatic rings. The van der Waals surface area contributed by atoms with Crippen LogP contribution in [0.15, 0.2) is 121 Å². The highest BCUT2D eigenvalue weighted by molar-refractivity contribution is 6.13. The molecule has 8 rings (SSSR count). The number of fused-ring (bicyclic) bond motifs is 6. The summed E-state index contributed by atoms with van der Waals surface area (Å²) < 4.78 is 8.60. The molecule has 1 aliphatic heterocycles. The lowest BCUT2D eigenvalue weighted by atomic mass is 9.98. The molecule has 168 valence electrons. The summed E-state index contributed by atoms with van der Waals surface area (Å²) in [5, 5.41) is 4.79. The highest BCUT2D eigenvalue weighted by Crippen LogP contribution is 2.45. The van der Waals surface area contributed by atoms with Crippen LogP contribution >= 0.6 is 0 Å². The maximum absolute atomic E-state index is 6.27. The zero-order valence-corrected chi connectivity index (χ0v) is 19.3. The van der Waals surface area contributed by atoms with Crippen molar-refractivity contribution in [3.05, 3.63) is 121 Å². The van der Waals surface area contributed by atoms with Gasteiger partial charge in [0, 0.05) is 27.9 Å². The lowest BCUT2D eigenvalue weighted by Gasteiger charge is -2.20. The second kappa shape index (κ2) is 7.30. The number of benzene rings is 5. The molecule has 0 radical (unpaired) electrons.